The van der Waals surface area contributed by atoms with Gasteiger partial charge in [-0.05, 0) is 113 Å². The van der Waals surface area contributed by atoms with Crippen molar-refractivity contribution in [1.82, 2.24) is 40.4 Å². The molecule has 2 aromatic heterocycles. The van der Waals surface area contributed by atoms with Crippen LogP contribution in [-0.2, 0) is 24.5 Å². The van der Waals surface area contributed by atoms with Gasteiger partial charge < -0.3 is 45.2 Å². The minimum atomic E-state index is -0.751. The van der Waals surface area contributed by atoms with Gasteiger partial charge in [0.15, 0.2) is 0 Å². The third kappa shape index (κ3) is 10.2. The van der Waals surface area contributed by atoms with Crippen LogP contribution in [-0.4, -0.2) is 99.0 Å². The van der Waals surface area contributed by atoms with E-state index in [1.807, 2.05) is 107 Å². The summed E-state index contributed by atoms with van der Waals surface area (Å²) in [5.74, 6) is 0.362. The van der Waals surface area contributed by atoms with Gasteiger partial charge in [-0.25, -0.2) is 19.6 Å². The molecule has 6 aromatic rings. The number of aromatic nitrogens is 4. The predicted octanol–water partition coefficient (Wildman–Crippen LogP) is 9.41. The molecule has 0 radical (unpaired) electrons. The van der Waals surface area contributed by atoms with Crippen molar-refractivity contribution in [3.63, 3.8) is 0 Å². The predicted molar refractivity (Wildman–Crippen MR) is 265 cm³/mol. The lowest BCUT2D eigenvalue weighted by Gasteiger charge is -2.29. The van der Waals surface area contributed by atoms with Crippen molar-refractivity contribution in [2.45, 2.75) is 104 Å². The zero-order valence-corrected chi connectivity index (χ0v) is 40.9. The molecular formula is C53H63N9O7. The Morgan fingerprint density at radius 1 is 0.638 bits per heavy atom. The second kappa shape index (κ2) is 19.8. The van der Waals surface area contributed by atoms with Gasteiger partial charge in [-0.15, -0.1) is 0 Å². The van der Waals surface area contributed by atoms with Crippen molar-refractivity contribution >= 4 is 57.7 Å². The Balaban J connectivity index is 1.11. The quantitative estimate of drug-likeness (QED) is 0.0792. The number of benzene rings is 4. The number of fused-ring (bicyclic) bond motifs is 2. The molecule has 16 nitrogen and oxygen atoms in total. The number of likely N-dealkylation sites (tertiary alicyclic amines) is 2. The van der Waals surface area contributed by atoms with Crippen LogP contribution in [0.4, 0.5) is 15.3 Å². The molecule has 0 saturated carbocycles. The molecule has 0 bridgehead atoms. The first kappa shape index (κ1) is 48.2. The highest BCUT2D eigenvalue weighted by atomic mass is 16.5. The molecule has 0 spiro atoms. The summed E-state index contributed by atoms with van der Waals surface area (Å²) >= 11 is 0. The third-order valence-electron chi connectivity index (χ3n) is 13.4. The SMILES string of the molecule is COC(=O)NC(C(=O)N1CCCC1c1nc2ccc(-c3ccc(-c4ccc5nc(C6CCCN6C(=O)C(NC(=O)OC)C(C)C)[nH]c5c4)c(C(=O)Nc4ccc(C(C)(C)C)cc4)c3)cc2[nH]1)C(C)C. The summed E-state index contributed by atoms with van der Waals surface area (Å²) in [5, 5.41) is 8.57. The van der Waals surface area contributed by atoms with Gasteiger partial charge in [0.25, 0.3) is 5.91 Å². The normalized spacial score (nSPS) is 17.1. The molecule has 2 fully saturated rings. The van der Waals surface area contributed by atoms with Crippen molar-refractivity contribution in [2.75, 3.05) is 32.6 Å². The summed E-state index contributed by atoms with van der Waals surface area (Å²) in [4.78, 5) is 87.0. The first-order valence-electron chi connectivity index (χ1n) is 23.8. The lowest BCUT2D eigenvalue weighted by Crippen LogP contribution is -2.51. The molecule has 0 aliphatic carbocycles. The van der Waals surface area contributed by atoms with Crippen molar-refractivity contribution in [3.8, 4) is 22.3 Å². The summed E-state index contributed by atoms with van der Waals surface area (Å²) in [7, 11) is 2.56. The van der Waals surface area contributed by atoms with Gasteiger partial charge in [0.05, 0.1) is 48.4 Å². The maximum atomic E-state index is 14.5. The summed E-state index contributed by atoms with van der Waals surface area (Å²) in [6, 6.07) is 23.5. The number of rotatable bonds is 12. The molecule has 4 unspecified atom stereocenters. The lowest BCUT2D eigenvalue weighted by molar-refractivity contribution is -0.136. The monoisotopic (exact) mass is 937 g/mol. The van der Waals surface area contributed by atoms with E-state index >= 15 is 0 Å². The molecule has 69 heavy (non-hydrogen) atoms. The molecule has 4 heterocycles. The molecular weight excluding hydrogens is 875 g/mol. The molecule has 4 aromatic carbocycles. The number of H-pyrrole nitrogens is 2. The molecule has 2 aliphatic rings. The van der Waals surface area contributed by atoms with E-state index in [0.717, 1.165) is 63.6 Å². The topological polar surface area (TPSA) is 204 Å². The number of nitrogens with one attached hydrogen (secondary N) is 5. The Kier molecular flexibility index (Phi) is 13.8. The highest BCUT2D eigenvalue weighted by molar-refractivity contribution is 6.10. The van der Waals surface area contributed by atoms with Crippen LogP contribution >= 0.6 is 0 Å². The largest absolute Gasteiger partial charge is 0.453 e. The number of anilines is 1. The van der Waals surface area contributed by atoms with Crippen LogP contribution in [0.3, 0.4) is 0 Å². The number of hydrogen-bond donors (Lipinski definition) is 5. The minimum absolute atomic E-state index is 0.0521. The summed E-state index contributed by atoms with van der Waals surface area (Å²) < 4.78 is 9.62. The molecule has 4 atom stereocenters. The maximum Gasteiger partial charge on any atom is 0.407 e. The minimum Gasteiger partial charge on any atom is -0.453 e. The van der Waals surface area contributed by atoms with Crippen LogP contribution in [0.2, 0.25) is 0 Å². The standard InChI is InChI=1S/C53H63N9O7/c1-29(2)44(59-51(66)68-8)49(64)61-24-10-12-42(61)46-55-38-22-15-32(27-40(38)57-46)31-14-21-36(37(26-31)48(63)54-35-19-17-34(18-20-35)53(5,6)7)33-16-23-39-41(28-33)58-47(56-39)43-13-11-25-62(43)50(65)45(30(3)4)60-52(67)69-9/h14-23,26-30,42-45H,10-13,24-25H2,1-9H3,(H,54,63)(H,55,57)(H,56,58)(H,59,66)(H,60,67). The zero-order chi connectivity index (χ0) is 49.3. The van der Waals surface area contributed by atoms with Crippen molar-refractivity contribution in [1.29, 1.82) is 0 Å². The van der Waals surface area contributed by atoms with Gasteiger partial charge in [0.1, 0.15) is 23.7 Å². The van der Waals surface area contributed by atoms with Crippen LogP contribution in [0.1, 0.15) is 114 Å². The number of methoxy groups -OCH3 is 2. The number of aromatic amines is 2. The van der Waals surface area contributed by atoms with E-state index in [-0.39, 0.29) is 47.1 Å². The Morgan fingerprint density at radius 2 is 1.10 bits per heavy atom. The van der Waals surface area contributed by atoms with E-state index in [9.17, 15) is 24.0 Å². The Hall–Kier alpha value is -7.23. The second-order valence-electron chi connectivity index (χ2n) is 19.8. The number of ether oxygens (including phenoxy) is 2. The zero-order valence-electron chi connectivity index (χ0n) is 40.9. The van der Waals surface area contributed by atoms with E-state index in [4.69, 9.17) is 19.4 Å². The third-order valence-corrected chi connectivity index (χ3v) is 13.4. The second-order valence-corrected chi connectivity index (χ2v) is 19.8. The van der Waals surface area contributed by atoms with Crippen molar-refractivity contribution < 1.29 is 33.4 Å². The first-order chi connectivity index (χ1) is 32.9. The fourth-order valence-corrected chi connectivity index (χ4v) is 9.52. The van der Waals surface area contributed by atoms with Gasteiger partial charge in [-0.3, -0.25) is 14.4 Å². The van der Waals surface area contributed by atoms with Crippen LogP contribution in [0.5, 0.6) is 0 Å². The maximum absolute atomic E-state index is 14.5. The fourth-order valence-electron chi connectivity index (χ4n) is 9.52. The molecule has 5 N–H and O–H groups in total. The fraction of sp³-hybridized carbons (Fsp3) is 0.415. The van der Waals surface area contributed by atoms with E-state index < -0.39 is 24.3 Å². The number of nitrogens with zero attached hydrogens (tertiary/aromatic N) is 4. The van der Waals surface area contributed by atoms with Gasteiger partial charge in [0, 0.05) is 24.3 Å². The van der Waals surface area contributed by atoms with Gasteiger partial charge in [0.2, 0.25) is 11.8 Å². The summed E-state index contributed by atoms with van der Waals surface area (Å²) in [6.45, 7) is 15.1. The van der Waals surface area contributed by atoms with E-state index in [2.05, 4.69) is 46.7 Å². The molecule has 16 heteroatoms. The summed E-state index contributed by atoms with van der Waals surface area (Å²) in [6.07, 6.45) is 1.71. The lowest BCUT2D eigenvalue weighted by atomic mass is 9.87. The van der Waals surface area contributed by atoms with E-state index in [1.54, 1.807) is 9.80 Å². The van der Waals surface area contributed by atoms with Gasteiger partial charge in [-0.2, -0.15) is 0 Å². The number of carbonyl (C=O) groups excluding carboxylic acids is 5. The first-order valence-corrected chi connectivity index (χ1v) is 23.8. The average molecular weight is 938 g/mol. The van der Waals surface area contributed by atoms with E-state index in [1.165, 1.54) is 14.2 Å². The molecule has 362 valence electrons. The Bertz CT molecular complexity index is 2900. The number of alkyl carbamates (subject to hydrolysis) is 2. The van der Waals surface area contributed by atoms with E-state index in [0.29, 0.717) is 48.0 Å². The van der Waals surface area contributed by atoms with Crippen molar-refractivity contribution in [2.24, 2.45) is 11.8 Å². The Morgan fingerprint density at radius 3 is 1.58 bits per heavy atom. The molecule has 8 rings (SSSR count). The molecule has 5 amide bonds. The highest BCUT2D eigenvalue weighted by Gasteiger charge is 2.39. The summed E-state index contributed by atoms with van der Waals surface area (Å²) in [5.41, 5.74) is 8.41. The highest BCUT2D eigenvalue weighted by Crippen LogP contribution is 2.37. The number of imidazole rings is 2. The molecule has 2 aliphatic heterocycles. The van der Waals surface area contributed by atoms with Crippen LogP contribution in [0.15, 0.2) is 78.9 Å². The Labute approximate surface area is 402 Å². The van der Waals surface area contributed by atoms with Gasteiger partial charge in [-0.1, -0.05) is 84.9 Å². The van der Waals surface area contributed by atoms with Gasteiger partial charge >= 0.3 is 12.2 Å². The van der Waals surface area contributed by atoms with Crippen LogP contribution in [0.25, 0.3) is 44.3 Å². The number of amides is 5. The smallest absolute Gasteiger partial charge is 0.407 e. The number of hydrogen-bond acceptors (Lipinski definition) is 9. The van der Waals surface area contributed by atoms with Crippen molar-refractivity contribution in [3.05, 3.63) is 102 Å². The molecule has 2 saturated heterocycles. The van der Waals surface area contributed by atoms with Crippen LogP contribution in [0, 0.1) is 11.8 Å². The van der Waals surface area contributed by atoms with Crippen LogP contribution < -0.4 is 16.0 Å². The average Bonchev–Trinajstić information content (AvgIpc) is 4.17. The number of carbonyl (C=O) groups is 5.